The fourth-order valence-corrected chi connectivity index (χ4v) is 4.68. The molecule has 0 saturated carbocycles. The molecule has 2 aliphatic rings. The number of aryl methyl sites for hydroxylation is 1. The lowest BCUT2D eigenvalue weighted by molar-refractivity contribution is -0.150. The van der Waals surface area contributed by atoms with Gasteiger partial charge in [-0.1, -0.05) is 30.3 Å². The monoisotopic (exact) mass is 446 g/mol. The number of carbonyl (C=O) groups is 3. The molecule has 32 heavy (non-hydrogen) atoms. The largest absolute Gasteiger partial charge is 0.480 e. The summed E-state index contributed by atoms with van der Waals surface area (Å²) in [5.41, 5.74) is 1.09. The Kier molecular flexibility index (Phi) is 8.64. The summed E-state index contributed by atoms with van der Waals surface area (Å²) < 4.78 is 10.9. The lowest BCUT2D eigenvalue weighted by atomic mass is 9.97. The van der Waals surface area contributed by atoms with Crippen molar-refractivity contribution in [2.75, 3.05) is 19.8 Å². The Morgan fingerprint density at radius 3 is 2.66 bits per heavy atom. The van der Waals surface area contributed by atoms with E-state index in [1.807, 2.05) is 30.3 Å². The molecule has 2 fully saturated rings. The maximum atomic E-state index is 13.2. The van der Waals surface area contributed by atoms with Gasteiger partial charge in [0, 0.05) is 19.1 Å². The minimum Gasteiger partial charge on any atom is -0.480 e. The second kappa shape index (κ2) is 11.4. The van der Waals surface area contributed by atoms with E-state index >= 15 is 0 Å². The molecular weight excluding hydrogens is 412 g/mol. The van der Waals surface area contributed by atoms with E-state index in [1.165, 1.54) is 4.90 Å². The van der Waals surface area contributed by atoms with Crippen LogP contribution in [0.1, 0.15) is 45.1 Å². The highest BCUT2D eigenvalue weighted by Gasteiger charge is 2.44. The standard InChI is InChI=1S/C24H34N2O6/c1-3-31-24(30)19(12-11-17-8-5-4-6-9-17)25-16(2)22(27)26-15-18(14-20(26)23(28)29)21-10-7-13-32-21/h4-6,8-9,16,18-21,25H,3,7,10-15H2,1-2H3,(H,28,29)/t16-,18?,19?,20-,21?/m0/s1. The molecule has 2 aliphatic heterocycles. The molecule has 0 radical (unpaired) electrons. The number of nitrogens with zero attached hydrogens (tertiary/aromatic N) is 1. The zero-order valence-electron chi connectivity index (χ0n) is 18.9. The third kappa shape index (κ3) is 6.07. The van der Waals surface area contributed by atoms with E-state index < -0.39 is 30.1 Å². The van der Waals surface area contributed by atoms with Crippen molar-refractivity contribution in [3.63, 3.8) is 0 Å². The van der Waals surface area contributed by atoms with Crippen molar-refractivity contribution in [2.45, 2.75) is 70.2 Å². The Hall–Kier alpha value is -2.45. The van der Waals surface area contributed by atoms with Crippen LogP contribution in [0.5, 0.6) is 0 Å². The van der Waals surface area contributed by atoms with E-state index in [0.717, 1.165) is 18.4 Å². The minimum atomic E-state index is -1.00. The number of hydrogen-bond donors (Lipinski definition) is 2. The highest BCUT2D eigenvalue weighted by molar-refractivity contribution is 5.88. The highest BCUT2D eigenvalue weighted by atomic mass is 16.5. The van der Waals surface area contributed by atoms with Crippen LogP contribution in [0.4, 0.5) is 0 Å². The second-order valence-electron chi connectivity index (χ2n) is 8.61. The van der Waals surface area contributed by atoms with Crippen LogP contribution in [0.3, 0.4) is 0 Å². The maximum Gasteiger partial charge on any atom is 0.326 e. The molecular formula is C24H34N2O6. The molecule has 0 aliphatic carbocycles. The normalized spacial score (nSPS) is 24.8. The number of likely N-dealkylation sites (tertiary alicyclic amines) is 1. The summed E-state index contributed by atoms with van der Waals surface area (Å²) in [6.07, 6.45) is 3.40. The quantitative estimate of drug-likeness (QED) is 0.530. The van der Waals surface area contributed by atoms with Crippen molar-refractivity contribution in [1.82, 2.24) is 10.2 Å². The number of esters is 1. The summed E-state index contributed by atoms with van der Waals surface area (Å²) in [4.78, 5) is 39.0. The number of hydrogen-bond acceptors (Lipinski definition) is 6. The lowest BCUT2D eigenvalue weighted by Gasteiger charge is -2.28. The lowest BCUT2D eigenvalue weighted by Crippen LogP contribution is -2.53. The Morgan fingerprint density at radius 2 is 2.03 bits per heavy atom. The maximum absolute atomic E-state index is 13.2. The Labute approximate surface area is 189 Å². The molecule has 3 rings (SSSR count). The fourth-order valence-electron chi connectivity index (χ4n) is 4.68. The molecule has 0 bridgehead atoms. The average Bonchev–Trinajstić information content (AvgIpc) is 3.46. The van der Waals surface area contributed by atoms with Gasteiger partial charge in [-0.3, -0.25) is 14.9 Å². The van der Waals surface area contributed by atoms with Crippen LogP contribution in [0, 0.1) is 5.92 Å². The number of ether oxygens (including phenoxy) is 2. The summed E-state index contributed by atoms with van der Waals surface area (Å²) in [5, 5.41) is 12.8. The van der Waals surface area contributed by atoms with Gasteiger partial charge in [-0.2, -0.15) is 0 Å². The van der Waals surface area contributed by atoms with Crippen molar-refractivity contribution in [3.8, 4) is 0 Å². The smallest absolute Gasteiger partial charge is 0.326 e. The van der Waals surface area contributed by atoms with Crippen LogP contribution in [-0.2, 0) is 30.3 Å². The molecule has 0 spiro atoms. The molecule has 0 aromatic heterocycles. The predicted molar refractivity (Wildman–Crippen MR) is 118 cm³/mol. The number of carbonyl (C=O) groups excluding carboxylic acids is 2. The molecule has 3 unspecified atom stereocenters. The van der Waals surface area contributed by atoms with Gasteiger partial charge in [-0.15, -0.1) is 0 Å². The molecule has 1 amide bonds. The van der Waals surface area contributed by atoms with Gasteiger partial charge in [-0.25, -0.2) is 4.79 Å². The Bertz CT molecular complexity index is 780. The van der Waals surface area contributed by atoms with Crippen molar-refractivity contribution < 1.29 is 29.0 Å². The van der Waals surface area contributed by atoms with Crippen LogP contribution < -0.4 is 5.32 Å². The molecule has 1 aromatic carbocycles. The topological polar surface area (TPSA) is 105 Å². The zero-order valence-corrected chi connectivity index (χ0v) is 18.9. The third-order valence-corrected chi connectivity index (χ3v) is 6.35. The van der Waals surface area contributed by atoms with Gasteiger partial charge in [0.2, 0.25) is 5.91 Å². The third-order valence-electron chi connectivity index (χ3n) is 6.35. The van der Waals surface area contributed by atoms with Gasteiger partial charge in [0.05, 0.1) is 18.8 Å². The number of rotatable bonds is 10. The molecule has 2 N–H and O–H groups in total. The van der Waals surface area contributed by atoms with E-state index in [2.05, 4.69) is 5.32 Å². The number of aliphatic carboxylic acids is 1. The summed E-state index contributed by atoms with van der Waals surface area (Å²) in [6, 6.07) is 7.55. The molecule has 8 nitrogen and oxygen atoms in total. The summed E-state index contributed by atoms with van der Waals surface area (Å²) >= 11 is 0. The molecule has 176 valence electrons. The summed E-state index contributed by atoms with van der Waals surface area (Å²) in [6.45, 7) is 4.72. The van der Waals surface area contributed by atoms with Gasteiger partial charge in [0.25, 0.3) is 0 Å². The highest BCUT2D eigenvalue weighted by Crippen LogP contribution is 2.32. The van der Waals surface area contributed by atoms with Gasteiger partial charge in [-0.05, 0) is 51.5 Å². The van der Waals surface area contributed by atoms with E-state index in [9.17, 15) is 19.5 Å². The number of carboxylic acid groups (broad SMARTS) is 1. The van der Waals surface area contributed by atoms with Gasteiger partial charge in [0.1, 0.15) is 12.1 Å². The van der Waals surface area contributed by atoms with Gasteiger partial charge >= 0.3 is 11.9 Å². The molecule has 8 heteroatoms. The van der Waals surface area contributed by atoms with Crippen LogP contribution in [0.25, 0.3) is 0 Å². The van der Waals surface area contributed by atoms with E-state index in [0.29, 0.717) is 32.4 Å². The Morgan fingerprint density at radius 1 is 1.28 bits per heavy atom. The van der Waals surface area contributed by atoms with Crippen molar-refractivity contribution in [3.05, 3.63) is 35.9 Å². The molecule has 2 heterocycles. The van der Waals surface area contributed by atoms with Crippen molar-refractivity contribution in [2.24, 2.45) is 5.92 Å². The zero-order chi connectivity index (χ0) is 23.1. The van der Waals surface area contributed by atoms with Crippen LogP contribution in [-0.4, -0.2) is 71.8 Å². The SMILES string of the molecule is CCOC(=O)C(CCc1ccccc1)N[C@@H](C)C(=O)N1CC(C2CCCO2)C[C@H]1C(=O)O. The summed E-state index contributed by atoms with van der Waals surface area (Å²) in [7, 11) is 0. The molecule has 5 atom stereocenters. The Balaban J connectivity index is 1.65. The second-order valence-corrected chi connectivity index (χ2v) is 8.61. The number of carboxylic acids is 1. The van der Waals surface area contributed by atoms with Crippen LogP contribution >= 0.6 is 0 Å². The van der Waals surface area contributed by atoms with E-state index in [1.54, 1.807) is 13.8 Å². The first-order valence-electron chi connectivity index (χ1n) is 11.5. The van der Waals surface area contributed by atoms with E-state index in [-0.39, 0.29) is 24.5 Å². The number of nitrogens with one attached hydrogen (secondary N) is 1. The summed E-state index contributed by atoms with van der Waals surface area (Å²) in [5.74, 6) is -1.70. The minimum absolute atomic E-state index is 0.0102. The number of benzene rings is 1. The first kappa shape index (κ1) is 24.2. The predicted octanol–water partition coefficient (Wildman–Crippen LogP) is 2.01. The van der Waals surface area contributed by atoms with Crippen molar-refractivity contribution in [1.29, 1.82) is 0 Å². The molecule has 1 aromatic rings. The fraction of sp³-hybridized carbons (Fsp3) is 0.625. The van der Waals surface area contributed by atoms with Gasteiger partial charge < -0.3 is 19.5 Å². The average molecular weight is 447 g/mol. The van der Waals surface area contributed by atoms with E-state index in [4.69, 9.17) is 9.47 Å². The molecule has 2 saturated heterocycles. The first-order chi connectivity index (χ1) is 15.4. The number of amides is 1. The van der Waals surface area contributed by atoms with Crippen LogP contribution in [0.15, 0.2) is 30.3 Å². The van der Waals surface area contributed by atoms with Crippen LogP contribution in [0.2, 0.25) is 0 Å². The first-order valence-corrected chi connectivity index (χ1v) is 11.5. The van der Waals surface area contributed by atoms with Gasteiger partial charge in [0.15, 0.2) is 0 Å². The van der Waals surface area contributed by atoms with Crippen molar-refractivity contribution >= 4 is 17.8 Å².